The minimum atomic E-state index is -0.0218. The number of fused-ring (bicyclic) bond motifs is 9. The standard InChI is InChI=1S/C16H22O3/c1-8(2)7-18-16(17)11-6-12-13-9-3-4-10(5-9)14(13)15(11)19-12/h3-4,8-15H,5-7H2,1-2H3. The van der Waals surface area contributed by atoms with Crippen molar-refractivity contribution in [3.8, 4) is 0 Å². The van der Waals surface area contributed by atoms with E-state index in [1.807, 2.05) is 0 Å². The van der Waals surface area contributed by atoms with Crippen molar-refractivity contribution in [2.75, 3.05) is 6.61 Å². The van der Waals surface area contributed by atoms with Gasteiger partial charge in [-0.25, -0.2) is 0 Å². The first-order valence-electron chi connectivity index (χ1n) is 7.65. The van der Waals surface area contributed by atoms with Gasteiger partial charge in [-0.3, -0.25) is 4.79 Å². The normalized spacial score (nSPS) is 49.1. The zero-order valence-corrected chi connectivity index (χ0v) is 11.6. The van der Waals surface area contributed by atoms with E-state index in [-0.39, 0.29) is 18.0 Å². The van der Waals surface area contributed by atoms with Gasteiger partial charge in [-0.2, -0.15) is 0 Å². The van der Waals surface area contributed by atoms with E-state index in [2.05, 4.69) is 26.0 Å². The van der Waals surface area contributed by atoms with Gasteiger partial charge in [-0.15, -0.1) is 0 Å². The molecule has 104 valence electrons. The predicted octanol–water partition coefficient (Wildman–Crippen LogP) is 2.41. The van der Waals surface area contributed by atoms with Gasteiger partial charge < -0.3 is 9.47 Å². The topological polar surface area (TPSA) is 35.5 Å². The lowest BCUT2D eigenvalue weighted by Gasteiger charge is -2.32. The van der Waals surface area contributed by atoms with Crippen molar-refractivity contribution in [2.45, 2.75) is 38.9 Å². The summed E-state index contributed by atoms with van der Waals surface area (Å²) >= 11 is 0. The number of rotatable bonds is 3. The molecule has 0 aromatic carbocycles. The minimum absolute atomic E-state index is 0.00208. The monoisotopic (exact) mass is 262 g/mol. The summed E-state index contributed by atoms with van der Waals surface area (Å²) < 4.78 is 11.6. The molecule has 7 unspecified atom stereocenters. The molecule has 2 heterocycles. The van der Waals surface area contributed by atoms with E-state index in [1.165, 1.54) is 6.42 Å². The van der Waals surface area contributed by atoms with Gasteiger partial charge in [-0.1, -0.05) is 26.0 Å². The quantitative estimate of drug-likeness (QED) is 0.579. The summed E-state index contributed by atoms with van der Waals surface area (Å²) in [6.07, 6.45) is 7.36. The first-order valence-corrected chi connectivity index (χ1v) is 7.65. The predicted molar refractivity (Wildman–Crippen MR) is 70.3 cm³/mol. The van der Waals surface area contributed by atoms with Crippen molar-refractivity contribution >= 4 is 5.97 Å². The van der Waals surface area contributed by atoms with E-state index in [0.717, 1.165) is 12.3 Å². The van der Waals surface area contributed by atoms with Crippen LogP contribution in [0.3, 0.4) is 0 Å². The summed E-state index contributed by atoms with van der Waals surface area (Å²) in [5, 5.41) is 0. The molecule has 0 spiro atoms. The van der Waals surface area contributed by atoms with Crippen molar-refractivity contribution in [1.29, 1.82) is 0 Å². The van der Waals surface area contributed by atoms with Crippen molar-refractivity contribution in [3.63, 3.8) is 0 Å². The Labute approximate surface area is 114 Å². The fourth-order valence-electron chi connectivity index (χ4n) is 4.81. The van der Waals surface area contributed by atoms with Crippen molar-refractivity contribution in [2.24, 2.45) is 35.5 Å². The molecule has 0 aromatic heterocycles. The van der Waals surface area contributed by atoms with E-state index in [9.17, 15) is 4.79 Å². The molecule has 2 saturated heterocycles. The van der Waals surface area contributed by atoms with Crippen LogP contribution in [0.1, 0.15) is 26.7 Å². The Hall–Kier alpha value is -0.830. The van der Waals surface area contributed by atoms with E-state index in [4.69, 9.17) is 9.47 Å². The molecule has 4 rings (SSSR count). The average Bonchev–Trinajstić information content (AvgIpc) is 3.11. The zero-order valence-electron chi connectivity index (χ0n) is 11.6. The highest BCUT2D eigenvalue weighted by atomic mass is 16.5. The number of carbonyl (C=O) groups is 1. The summed E-state index contributed by atoms with van der Waals surface area (Å²) in [7, 11) is 0. The highest BCUT2D eigenvalue weighted by molar-refractivity contribution is 5.74. The van der Waals surface area contributed by atoms with E-state index in [0.29, 0.717) is 36.4 Å². The highest BCUT2D eigenvalue weighted by Crippen LogP contribution is 2.61. The second-order valence-corrected chi connectivity index (χ2v) is 7.11. The van der Waals surface area contributed by atoms with Gasteiger partial charge in [0.2, 0.25) is 0 Å². The van der Waals surface area contributed by atoms with Crippen molar-refractivity contribution in [1.82, 2.24) is 0 Å². The summed E-state index contributed by atoms with van der Waals surface area (Å²) in [5.41, 5.74) is 0. The second-order valence-electron chi connectivity index (χ2n) is 7.11. The molecule has 2 aliphatic heterocycles. The van der Waals surface area contributed by atoms with Crippen LogP contribution in [0.5, 0.6) is 0 Å². The van der Waals surface area contributed by atoms with Crippen LogP contribution in [-0.4, -0.2) is 24.8 Å². The third-order valence-electron chi connectivity index (χ3n) is 5.47. The molecule has 1 saturated carbocycles. The summed E-state index contributed by atoms with van der Waals surface area (Å²) in [4.78, 5) is 12.2. The lowest BCUT2D eigenvalue weighted by atomic mass is 9.69. The lowest BCUT2D eigenvalue weighted by molar-refractivity contribution is -0.152. The number of allylic oxidation sites excluding steroid dienone is 2. The molecule has 4 bridgehead atoms. The molecule has 2 aliphatic carbocycles. The van der Waals surface area contributed by atoms with E-state index >= 15 is 0 Å². The zero-order chi connectivity index (χ0) is 13.1. The second kappa shape index (κ2) is 4.08. The summed E-state index contributed by atoms with van der Waals surface area (Å²) in [6, 6.07) is 0. The van der Waals surface area contributed by atoms with Crippen LogP contribution in [0, 0.1) is 35.5 Å². The number of ether oxygens (including phenoxy) is 2. The smallest absolute Gasteiger partial charge is 0.311 e. The van der Waals surface area contributed by atoms with Gasteiger partial charge in [0.25, 0.3) is 0 Å². The van der Waals surface area contributed by atoms with Crippen molar-refractivity contribution < 1.29 is 14.3 Å². The number of hydrogen-bond acceptors (Lipinski definition) is 3. The molecule has 3 fully saturated rings. The molecule has 19 heavy (non-hydrogen) atoms. The SMILES string of the molecule is CC(C)COC(=O)C1CC2OC1C1C3C=CC(C3)C21. The first kappa shape index (κ1) is 12.0. The van der Waals surface area contributed by atoms with Gasteiger partial charge in [0.05, 0.1) is 24.7 Å². The maximum Gasteiger partial charge on any atom is 0.311 e. The largest absolute Gasteiger partial charge is 0.465 e. The van der Waals surface area contributed by atoms with Gasteiger partial charge in [0, 0.05) is 0 Å². The van der Waals surface area contributed by atoms with Crippen LogP contribution >= 0.6 is 0 Å². The van der Waals surface area contributed by atoms with Crippen molar-refractivity contribution in [3.05, 3.63) is 12.2 Å². The van der Waals surface area contributed by atoms with Gasteiger partial charge in [0.1, 0.15) is 0 Å². The maximum absolute atomic E-state index is 12.2. The van der Waals surface area contributed by atoms with Crippen LogP contribution < -0.4 is 0 Å². The highest BCUT2D eigenvalue weighted by Gasteiger charge is 2.64. The van der Waals surface area contributed by atoms with Crippen LogP contribution in [-0.2, 0) is 14.3 Å². The Morgan fingerprint density at radius 3 is 2.74 bits per heavy atom. The lowest BCUT2D eigenvalue weighted by Crippen LogP contribution is -2.39. The van der Waals surface area contributed by atoms with Crippen LogP contribution in [0.4, 0.5) is 0 Å². The Morgan fingerprint density at radius 2 is 2.00 bits per heavy atom. The van der Waals surface area contributed by atoms with Crippen LogP contribution in [0.2, 0.25) is 0 Å². The minimum Gasteiger partial charge on any atom is -0.465 e. The molecule has 0 N–H and O–H groups in total. The molecular formula is C16H22O3. The van der Waals surface area contributed by atoms with E-state index < -0.39 is 0 Å². The van der Waals surface area contributed by atoms with Gasteiger partial charge >= 0.3 is 5.97 Å². The number of carbonyl (C=O) groups excluding carboxylic acids is 1. The molecule has 0 radical (unpaired) electrons. The summed E-state index contributed by atoms with van der Waals surface area (Å²) in [6.45, 7) is 4.68. The van der Waals surface area contributed by atoms with Crippen LogP contribution in [0.25, 0.3) is 0 Å². The van der Waals surface area contributed by atoms with Crippen LogP contribution in [0.15, 0.2) is 12.2 Å². The number of esters is 1. The van der Waals surface area contributed by atoms with Gasteiger partial charge in [0.15, 0.2) is 0 Å². The molecule has 3 nitrogen and oxygen atoms in total. The average molecular weight is 262 g/mol. The van der Waals surface area contributed by atoms with E-state index in [1.54, 1.807) is 0 Å². The molecule has 0 aromatic rings. The first-order chi connectivity index (χ1) is 9.15. The summed E-state index contributed by atoms with van der Waals surface area (Å²) in [5.74, 6) is 3.04. The Bertz CT molecular complexity index is 428. The Morgan fingerprint density at radius 1 is 1.26 bits per heavy atom. The maximum atomic E-state index is 12.2. The fraction of sp³-hybridized carbons (Fsp3) is 0.812. The third-order valence-corrected chi connectivity index (χ3v) is 5.47. The number of hydrogen-bond donors (Lipinski definition) is 0. The third kappa shape index (κ3) is 1.63. The molecular weight excluding hydrogens is 240 g/mol. The van der Waals surface area contributed by atoms with Gasteiger partial charge in [-0.05, 0) is 42.4 Å². The fourth-order valence-corrected chi connectivity index (χ4v) is 4.81. The Kier molecular flexibility index (Phi) is 2.57. The molecule has 7 atom stereocenters. The Balaban J connectivity index is 1.47. The molecule has 3 heteroatoms. The molecule has 0 amide bonds. The molecule has 4 aliphatic rings.